The first kappa shape index (κ1) is 116. The summed E-state index contributed by atoms with van der Waals surface area (Å²) in [6.07, 6.45) is 6.20. The number of para-hydroxylation sites is 2. The van der Waals surface area contributed by atoms with Crippen LogP contribution < -0.4 is 75.3 Å². The zero-order valence-electron chi connectivity index (χ0n) is 84.2. The van der Waals surface area contributed by atoms with Gasteiger partial charge in [0.25, 0.3) is 0 Å². The molecule has 0 spiro atoms. The molecule has 3 aliphatic heterocycles. The molecule has 3 aliphatic rings. The molecule has 0 radical (unpaired) electrons. The summed E-state index contributed by atoms with van der Waals surface area (Å²) in [7, 11) is 3.92. The quantitative estimate of drug-likeness (QED) is 0.0300. The molecule has 0 saturated carbocycles. The fourth-order valence-electron chi connectivity index (χ4n) is 17.9. The van der Waals surface area contributed by atoms with Gasteiger partial charge in [-0.2, -0.15) is 0 Å². The lowest BCUT2D eigenvalue weighted by molar-refractivity contribution is -0.149. The van der Waals surface area contributed by atoms with E-state index in [2.05, 4.69) is 121 Å². The standard InChI is InChI=1S/C99H133Br2N25O21S/c1-11-13-23-76-90(140)114-67(34-53(3)4)87(137)120-74(85(135)106-47-81(103)130)51-148-52-82(131)112-70(36-56-27-29-61(127)30-28-56)93(143)121(8)55(7)84(134)116-72(40-80(102)129)95(145)125-33-19-26-77(125)91(141)119-73(46-111-99-109-44-60(101)45-110-99)89(139)117-69(35-54(5)6)96(146)126-49-62(128)39-79(126)92(142)115-68(37-57-41-105-65-22-17-15-20-63(57)65)88(138)113-66(31-32-104-98-107-42-59(100)43-108-98)86(136)118-71(94(144)123(10)78(24-14-12-2)97(147)122(76)9)38-58-48-124(50-83(132)133)75-25-18-16-21-64(58)75/h15-18,20-22,25,27-30,41-45,48,53-55,62,66-74,76-79,105,127-128H,11-14,19,23-24,26,31-40,46-47,49-52H2,1-10H3,(H2,102,129)(H2,103,130)(H,106,135)(H,112,131)(H,113,138)(H,114,140)(H,115,142)(H,116,134)(H,117,139)(H,118,136)(H,119,141)(H,120,137)(H,132,133)(H,104,107,108)(H,109,110,111)/t55-,62+,66-,67-,68-,69-,70-,71-,72-,73-,74-,76-,77-,78-,79-/m0/s1. The van der Waals surface area contributed by atoms with Crippen LogP contribution in [-0.2, 0) is 112 Å². The third-order valence-corrected chi connectivity index (χ3v) is 27.7. The number of phenols is 1. The minimum absolute atomic E-state index is 0.0146. The van der Waals surface area contributed by atoms with Crippen LogP contribution in [0.1, 0.15) is 149 Å². The van der Waals surface area contributed by atoms with Crippen molar-refractivity contribution in [3.05, 3.63) is 136 Å². The second-order valence-electron chi connectivity index (χ2n) is 38.0. The molecule has 800 valence electrons. The first-order chi connectivity index (χ1) is 70.4. The number of hydrogen-bond donors (Lipinski definition) is 18. The van der Waals surface area contributed by atoms with Crippen LogP contribution in [0.4, 0.5) is 11.9 Å². The van der Waals surface area contributed by atoms with Crippen molar-refractivity contribution in [2.24, 2.45) is 23.3 Å². The van der Waals surface area contributed by atoms with Gasteiger partial charge < -0.3 is 125 Å². The highest BCUT2D eigenvalue weighted by Gasteiger charge is 2.47. The predicted octanol–water partition coefficient (Wildman–Crippen LogP) is 1.17. The number of halogens is 2. The maximum Gasteiger partial charge on any atom is 0.323 e. The Morgan fingerprint density at radius 1 is 0.541 bits per heavy atom. The Hall–Kier alpha value is -14.0. The molecule has 0 aliphatic carbocycles. The Bertz CT molecular complexity index is 5900. The number of carboxylic acid groups (broad SMARTS) is 1. The summed E-state index contributed by atoms with van der Waals surface area (Å²) in [4.78, 5) is 293. The predicted molar refractivity (Wildman–Crippen MR) is 553 cm³/mol. The molecule has 148 heavy (non-hydrogen) atoms. The number of likely N-dealkylation sites (N-methyl/N-ethyl adjacent to an activating group) is 3. The molecule has 17 amide bonds. The lowest BCUT2D eigenvalue weighted by Crippen LogP contribution is -2.61. The van der Waals surface area contributed by atoms with Crippen LogP contribution in [0.25, 0.3) is 21.8 Å². The van der Waals surface area contributed by atoms with E-state index in [-0.39, 0.29) is 94.4 Å². The number of benzene rings is 3. The molecular formula is C99H133Br2N25O21S. The average molecular weight is 2200 g/mol. The molecule has 3 saturated heterocycles. The van der Waals surface area contributed by atoms with Crippen LogP contribution in [0.5, 0.6) is 5.75 Å². The first-order valence-electron chi connectivity index (χ1n) is 49.2. The van der Waals surface area contributed by atoms with E-state index in [0.717, 1.165) is 31.4 Å². The van der Waals surface area contributed by atoms with Crippen molar-refractivity contribution in [3.63, 3.8) is 0 Å². The number of rotatable bonds is 30. The Labute approximate surface area is 876 Å². The summed E-state index contributed by atoms with van der Waals surface area (Å²) in [6, 6.07) is -2.76. The number of anilines is 2. The maximum atomic E-state index is 16.3. The highest BCUT2D eigenvalue weighted by molar-refractivity contribution is 9.10. The first-order valence-corrected chi connectivity index (χ1v) is 51.9. The molecule has 3 aromatic carbocycles. The Morgan fingerprint density at radius 2 is 1.07 bits per heavy atom. The van der Waals surface area contributed by atoms with Crippen LogP contribution in [-0.4, -0.2) is 332 Å². The Balaban J connectivity index is 1.07. The number of carboxylic acids is 1. The summed E-state index contributed by atoms with van der Waals surface area (Å²) in [5.74, 6) is -19.1. The average Bonchev–Trinajstić information content (AvgIpc) is 1.62. The molecule has 20 N–H and O–H groups in total. The molecule has 0 bridgehead atoms. The van der Waals surface area contributed by atoms with Crippen molar-refractivity contribution in [3.8, 4) is 5.75 Å². The molecule has 7 aromatic rings. The number of primary amides is 2. The molecule has 4 aromatic heterocycles. The van der Waals surface area contributed by atoms with E-state index in [9.17, 15) is 48.9 Å². The largest absolute Gasteiger partial charge is 0.508 e. The number of aliphatic carboxylic acids is 1. The second-order valence-corrected chi connectivity index (χ2v) is 40.9. The van der Waals surface area contributed by atoms with Gasteiger partial charge in [0.15, 0.2) is 0 Å². The molecule has 49 heteroatoms. The van der Waals surface area contributed by atoms with Gasteiger partial charge in [-0.3, -0.25) is 86.3 Å². The normalized spacial score (nSPS) is 23.6. The van der Waals surface area contributed by atoms with Crippen LogP contribution in [0.2, 0.25) is 0 Å². The molecule has 15 atom stereocenters. The molecule has 46 nitrogen and oxygen atoms in total. The highest BCUT2D eigenvalue weighted by Crippen LogP contribution is 2.30. The number of thioether (sulfide) groups is 1. The van der Waals surface area contributed by atoms with Crippen molar-refractivity contribution >= 4 is 184 Å². The second kappa shape index (κ2) is 55.2. The van der Waals surface area contributed by atoms with E-state index >= 15 is 52.7 Å². The lowest BCUT2D eigenvalue weighted by Gasteiger charge is -2.36. The third-order valence-electron chi connectivity index (χ3n) is 25.8. The van der Waals surface area contributed by atoms with Gasteiger partial charge in [0.05, 0.1) is 33.8 Å². The summed E-state index contributed by atoms with van der Waals surface area (Å²) in [5, 5.41) is 66.4. The minimum atomic E-state index is -1.81. The topological polar surface area (TPSA) is 653 Å². The number of nitrogens with two attached hydrogens (primary N) is 2. The van der Waals surface area contributed by atoms with Gasteiger partial charge in [-0.25, -0.2) is 19.9 Å². The fourth-order valence-corrected chi connectivity index (χ4v) is 19.2. The van der Waals surface area contributed by atoms with Gasteiger partial charge in [-0.15, -0.1) is 11.8 Å². The van der Waals surface area contributed by atoms with Gasteiger partial charge in [0.2, 0.25) is 112 Å². The van der Waals surface area contributed by atoms with Gasteiger partial charge >= 0.3 is 5.97 Å². The number of aliphatic hydroxyl groups is 1. The summed E-state index contributed by atoms with van der Waals surface area (Å²) < 4.78 is 2.43. The van der Waals surface area contributed by atoms with Gasteiger partial charge in [0, 0.05) is 138 Å². The fraction of sp³-hybridized carbons (Fsp3) is 0.515. The number of aromatic nitrogens is 6. The monoisotopic (exact) mass is 2200 g/mol. The molecule has 7 heterocycles. The maximum absolute atomic E-state index is 16.3. The highest BCUT2D eigenvalue weighted by atomic mass is 79.9. The third kappa shape index (κ3) is 32.8. The number of H-pyrrole nitrogens is 1. The van der Waals surface area contributed by atoms with Crippen LogP contribution >= 0.6 is 43.6 Å². The number of nitrogens with one attached hydrogen (secondary N) is 13. The summed E-state index contributed by atoms with van der Waals surface area (Å²) in [6.45, 7) is 9.35. The number of carbonyl (C=O) groups excluding carboxylic acids is 17. The number of phenolic OH excluding ortho intramolecular Hbond substituents is 1. The van der Waals surface area contributed by atoms with E-state index in [4.69, 9.17) is 11.5 Å². The van der Waals surface area contributed by atoms with E-state index < -0.39 is 260 Å². The number of carbonyl (C=O) groups is 18. The Kier molecular flexibility index (Phi) is 43.2. The van der Waals surface area contributed by atoms with Crippen molar-refractivity contribution in [1.29, 1.82) is 0 Å². The van der Waals surface area contributed by atoms with Crippen molar-refractivity contribution in [2.75, 3.05) is 76.0 Å². The van der Waals surface area contributed by atoms with Crippen LogP contribution in [0, 0.1) is 11.8 Å². The number of amides is 17. The van der Waals surface area contributed by atoms with E-state index in [0.29, 0.717) is 73.1 Å². The summed E-state index contributed by atoms with van der Waals surface area (Å²) in [5.41, 5.74) is 13.5. The zero-order chi connectivity index (χ0) is 108. The SMILES string of the molecule is CCCC[C@H]1C(=O)N(C)[C@@H](CCCC)C(=O)N[C@@H](CC(C)C)C(=O)N[C@H](C(=O)NCC(N)=O)CSCC(=O)N[C@@H](Cc2ccc(O)cc2)C(=O)N(C)[C@@H](C)C(=O)N[C@@H](CC(N)=O)C(=O)N2CCC[C@H]2C(=O)N[C@@H](CNc2ncc(Br)cn2)C(=O)N[C@@H](CC(C)C)C(=O)N2C[C@H](O)C[C@H]2C(=O)N[C@@H](Cc2c[nH]c3ccccc23)C(=O)N[C@@H](CCNc2ncc(Br)cn2)C(=O)N[C@@H](Cc2cn(CC(=O)O)c3ccccc23)C(=O)N1C. The number of aliphatic hydroxyl groups excluding tert-OH is 1. The number of hydrogen-bond acceptors (Lipinski definition) is 27. The number of nitrogens with zero attached hydrogens (tertiary/aromatic N) is 10. The number of unbranched alkanes of at least 4 members (excludes halogenated alkanes) is 2. The number of aromatic amines is 1. The smallest absolute Gasteiger partial charge is 0.323 e. The van der Waals surface area contributed by atoms with Crippen molar-refractivity contribution in [1.82, 2.24) is 107 Å². The van der Waals surface area contributed by atoms with Crippen molar-refractivity contribution in [2.45, 2.75) is 248 Å². The van der Waals surface area contributed by atoms with E-state index in [1.165, 1.54) is 92.8 Å². The minimum Gasteiger partial charge on any atom is -0.508 e. The molecule has 0 unspecified atom stereocenters. The van der Waals surface area contributed by atoms with Gasteiger partial charge in [-0.1, -0.05) is 116 Å². The summed E-state index contributed by atoms with van der Waals surface area (Å²) >= 11 is 7.42. The number of aromatic hydroxyl groups is 1. The van der Waals surface area contributed by atoms with Gasteiger partial charge in [-0.05, 0) is 137 Å². The zero-order valence-corrected chi connectivity index (χ0v) is 88.1. The van der Waals surface area contributed by atoms with Crippen molar-refractivity contribution < 1.29 is 102 Å². The Morgan fingerprint density at radius 3 is 1.72 bits per heavy atom. The van der Waals surface area contributed by atoms with E-state index in [1.54, 1.807) is 82.4 Å². The van der Waals surface area contributed by atoms with E-state index in [1.807, 2.05) is 13.8 Å². The van der Waals surface area contributed by atoms with Gasteiger partial charge in [0.1, 0.15) is 96.9 Å². The molecule has 3 fully saturated rings. The molecular weight excluding hydrogens is 2070 g/mol. The number of fused-ring (bicyclic) bond motifs is 4. The lowest BCUT2D eigenvalue weighted by atomic mass is 9.99. The molecule has 10 rings (SSSR count). The van der Waals surface area contributed by atoms with Crippen LogP contribution in [0.3, 0.4) is 0 Å². The van der Waals surface area contributed by atoms with Crippen LogP contribution in [0.15, 0.2) is 119 Å².